The van der Waals surface area contributed by atoms with E-state index in [4.69, 9.17) is 4.74 Å². The van der Waals surface area contributed by atoms with E-state index < -0.39 is 0 Å². The van der Waals surface area contributed by atoms with Crippen LogP contribution in [0.1, 0.15) is 66.7 Å². The van der Waals surface area contributed by atoms with Crippen molar-refractivity contribution in [3.63, 3.8) is 0 Å². The summed E-state index contributed by atoms with van der Waals surface area (Å²) < 4.78 is 6.39. The fourth-order valence-corrected chi connectivity index (χ4v) is 5.66. The zero-order valence-electron chi connectivity index (χ0n) is 15.6. The Morgan fingerprint density at radius 1 is 1.00 bits per heavy atom. The molecule has 130 valence electrons. The molecule has 1 N–H and O–H groups in total. The average Bonchev–Trinajstić information content (AvgIpc) is 2.93. The van der Waals surface area contributed by atoms with E-state index in [9.17, 15) is 5.11 Å². The number of aliphatic hydroxyl groups is 1. The molecule has 3 aliphatic rings. The quantitative estimate of drug-likeness (QED) is 0.782. The van der Waals surface area contributed by atoms with Gasteiger partial charge in [-0.05, 0) is 61.2 Å². The molecule has 3 rings (SSSR count). The second-order valence-electron chi connectivity index (χ2n) is 9.40. The van der Waals surface area contributed by atoms with Gasteiger partial charge >= 0.3 is 0 Å². The summed E-state index contributed by atoms with van der Waals surface area (Å²) in [5.74, 6) is 0.628. The molecule has 0 aromatic carbocycles. The van der Waals surface area contributed by atoms with Crippen LogP contribution < -0.4 is 0 Å². The summed E-state index contributed by atoms with van der Waals surface area (Å²) in [4.78, 5) is 0. The summed E-state index contributed by atoms with van der Waals surface area (Å²) in [6.45, 7) is 12.1. The lowest BCUT2D eigenvalue weighted by Crippen LogP contribution is -2.43. The van der Waals surface area contributed by atoms with Gasteiger partial charge in [0.25, 0.3) is 0 Å². The third kappa shape index (κ3) is 2.53. The Bertz CT molecular complexity index is 515. The molecule has 2 aliphatic heterocycles. The smallest absolute Gasteiger partial charge is 0.0693 e. The predicted molar refractivity (Wildman–Crippen MR) is 95.2 cm³/mol. The molecule has 1 unspecified atom stereocenters. The highest BCUT2D eigenvalue weighted by molar-refractivity contribution is 5.24. The molecule has 0 amide bonds. The van der Waals surface area contributed by atoms with E-state index in [0.29, 0.717) is 12.0 Å². The zero-order chi connectivity index (χ0) is 16.9. The third-order valence-corrected chi connectivity index (χ3v) is 7.71. The van der Waals surface area contributed by atoms with Crippen molar-refractivity contribution in [1.29, 1.82) is 0 Å². The van der Waals surface area contributed by atoms with E-state index >= 15 is 0 Å². The Morgan fingerprint density at radius 2 is 1.61 bits per heavy atom. The first-order valence-corrected chi connectivity index (χ1v) is 9.33. The van der Waals surface area contributed by atoms with Gasteiger partial charge in [0.15, 0.2) is 0 Å². The van der Waals surface area contributed by atoms with E-state index in [1.165, 1.54) is 19.3 Å². The van der Waals surface area contributed by atoms with Crippen molar-refractivity contribution in [3.8, 4) is 0 Å². The van der Waals surface area contributed by atoms with Crippen LogP contribution in [-0.4, -0.2) is 23.4 Å². The highest BCUT2D eigenvalue weighted by Gasteiger charge is 2.60. The Kier molecular flexibility index (Phi) is 4.09. The highest BCUT2D eigenvalue weighted by Crippen LogP contribution is 2.60. The molecule has 2 fully saturated rings. The van der Waals surface area contributed by atoms with Gasteiger partial charge in [-0.15, -0.1) is 0 Å². The minimum atomic E-state index is 0.0417. The first-order chi connectivity index (χ1) is 10.7. The second kappa shape index (κ2) is 5.46. The number of fused-ring (bicyclic) bond motifs is 2. The molecular weight excluding hydrogens is 284 g/mol. The highest BCUT2D eigenvalue weighted by atomic mass is 16.5. The van der Waals surface area contributed by atoms with Gasteiger partial charge in [-0.1, -0.05) is 52.0 Å². The van der Waals surface area contributed by atoms with Crippen molar-refractivity contribution >= 4 is 0 Å². The fourth-order valence-electron chi connectivity index (χ4n) is 5.66. The van der Waals surface area contributed by atoms with Gasteiger partial charge in [0, 0.05) is 6.61 Å². The van der Waals surface area contributed by atoms with Crippen LogP contribution in [0.5, 0.6) is 0 Å². The average molecular weight is 319 g/mol. The predicted octanol–water partition coefficient (Wildman–Crippen LogP) is 4.88. The Labute approximate surface area is 142 Å². The molecule has 0 aromatic heterocycles. The van der Waals surface area contributed by atoms with Gasteiger partial charge in [-0.3, -0.25) is 0 Å². The number of allylic oxidation sites excluding steroid dienone is 4. The maximum Gasteiger partial charge on any atom is 0.0693 e. The Balaban J connectivity index is 1.77. The summed E-state index contributed by atoms with van der Waals surface area (Å²) >= 11 is 0. The molecule has 2 heteroatoms. The molecule has 5 atom stereocenters. The van der Waals surface area contributed by atoms with Crippen LogP contribution in [0.4, 0.5) is 0 Å². The largest absolute Gasteiger partial charge is 0.396 e. The maximum absolute atomic E-state index is 9.53. The summed E-state index contributed by atoms with van der Waals surface area (Å²) in [6, 6.07) is 0. The first kappa shape index (κ1) is 17.2. The lowest BCUT2D eigenvalue weighted by Gasteiger charge is -2.47. The van der Waals surface area contributed by atoms with Gasteiger partial charge in [-0.25, -0.2) is 0 Å². The number of hydrogen-bond acceptors (Lipinski definition) is 2. The lowest BCUT2D eigenvalue weighted by atomic mass is 9.56. The molecule has 0 aromatic rings. The first-order valence-electron chi connectivity index (χ1n) is 9.33. The van der Waals surface area contributed by atoms with Crippen LogP contribution >= 0.6 is 0 Å². The SMILES string of the molecule is CC1(C)C(CC[C@@]2(C)C=CC=C[C@]2(C)CCO)[C@@]2(C)CC[C@@H]1O2. The minimum Gasteiger partial charge on any atom is -0.396 e. The Hall–Kier alpha value is -0.600. The van der Waals surface area contributed by atoms with Crippen LogP contribution in [0, 0.1) is 22.2 Å². The lowest BCUT2D eigenvalue weighted by molar-refractivity contribution is 0.000660. The molecule has 2 bridgehead atoms. The van der Waals surface area contributed by atoms with Crippen LogP contribution in [-0.2, 0) is 4.74 Å². The number of ether oxygens (including phenoxy) is 1. The van der Waals surface area contributed by atoms with Crippen molar-refractivity contribution in [2.45, 2.75) is 78.4 Å². The maximum atomic E-state index is 9.53. The van der Waals surface area contributed by atoms with Gasteiger partial charge in [0.2, 0.25) is 0 Å². The fraction of sp³-hybridized carbons (Fsp3) is 0.810. The molecule has 2 nitrogen and oxygen atoms in total. The number of hydrogen-bond donors (Lipinski definition) is 1. The molecule has 0 spiro atoms. The molecule has 0 saturated carbocycles. The van der Waals surface area contributed by atoms with Crippen LogP contribution in [0.2, 0.25) is 0 Å². The van der Waals surface area contributed by atoms with E-state index in [2.05, 4.69) is 58.9 Å². The second-order valence-corrected chi connectivity index (χ2v) is 9.40. The van der Waals surface area contributed by atoms with Crippen LogP contribution in [0.15, 0.2) is 24.3 Å². The van der Waals surface area contributed by atoms with E-state index in [-0.39, 0.29) is 28.5 Å². The van der Waals surface area contributed by atoms with Crippen LogP contribution in [0.25, 0.3) is 0 Å². The summed E-state index contributed by atoms with van der Waals surface area (Å²) in [6.07, 6.45) is 15.1. The van der Waals surface area contributed by atoms with Gasteiger partial charge in [0.05, 0.1) is 11.7 Å². The molecule has 2 saturated heterocycles. The molecule has 23 heavy (non-hydrogen) atoms. The van der Waals surface area contributed by atoms with E-state index in [0.717, 1.165) is 12.8 Å². The van der Waals surface area contributed by atoms with E-state index in [1.54, 1.807) is 0 Å². The molecule has 1 aliphatic carbocycles. The Morgan fingerprint density at radius 3 is 2.13 bits per heavy atom. The summed E-state index contributed by atoms with van der Waals surface area (Å²) in [7, 11) is 0. The third-order valence-electron chi connectivity index (χ3n) is 7.71. The van der Waals surface area contributed by atoms with Gasteiger partial charge in [0.1, 0.15) is 0 Å². The van der Waals surface area contributed by atoms with Gasteiger partial charge < -0.3 is 9.84 Å². The summed E-state index contributed by atoms with van der Waals surface area (Å²) in [5.41, 5.74) is 0.510. The van der Waals surface area contributed by atoms with Crippen molar-refractivity contribution in [2.24, 2.45) is 22.2 Å². The normalized spacial score (nSPS) is 47.4. The van der Waals surface area contributed by atoms with Crippen LogP contribution in [0.3, 0.4) is 0 Å². The van der Waals surface area contributed by atoms with Gasteiger partial charge in [-0.2, -0.15) is 0 Å². The zero-order valence-corrected chi connectivity index (χ0v) is 15.6. The monoisotopic (exact) mass is 318 g/mol. The summed E-state index contributed by atoms with van der Waals surface area (Å²) in [5, 5.41) is 9.53. The molecule has 2 heterocycles. The number of rotatable bonds is 5. The standard InChI is InChI=1S/C21H34O2/c1-18(2)16(21(5)13-9-17(18)23-21)8-12-19(3)10-6-7-11-20(19,4)14-15-22/h6-7,10-11,16-17,22H,8-9,12-15H2,1-5H3/t16?,17-,19+,20+,21+/m0/s1. The molecule has 0 radical (unpaired) electrons. The number of aliphatic hydroxyl groups excluding tert-OH is 1. The van der Waals surface area contributed by atoms with Crippen molar-refractivity contribution in [2.75, 3.05) is 6.61 Å². The topological polar surface area (TPSA) is 29.5 Å². The van der Waals surface area contributed by atoms with Crippen molar-refractivity contribution in [3.05, 3.63) is 24.3 Å². The van der Waals surface area contributed by atoms with Crippen molar-refractivity contribution < 1.29 is 9.84 Å². The minimum absolute atomic E-state index is 0.0417. The van der Waals surface area contributed by atoms with E-state index in [1.807, 2.05) is 0 Å². The van der Waals surface area contributed by atoms with Crippen molar-refractivity contribution in [1.82, 2.24) is 0 Å². The molecular formula is C21H34O2.